The van der Waals surface area contributed by atoms with Gasteiger partial charge in [0.15, 0.2) is 0 Å². The van der Waals surface area contributed by atoms with Crippen molar-refractivity contribution < 1.29 is 14.0 Å². The van der Waals surface area contributed by atoms with E-state index >= 15 is 0 Å². The number of amides is 2. The minimum Gasteiger partial charge on any atom is -0.371 e. The molecule has 34 heavy (non-hydrogen) atoms. The van der Waals surface area contributed by atoms with Crippen LogP contribution >= 0.6 is 0 Å². The van der Waals surface area contributed by atoms with Crippen LogP contribution in [0.5, 0.6) is 0 Å². The Morgan fingerprint density at radius 3 is 2.74 bits per heavy atom. The van der Waals surface area contributed by atoms with Crippen LogP contribution in [0.3, 0.4) is 0 Å². The van der Waals surface area contributed by atoms with Gasteiger partial charge in [-0.25, -0.2) is 4.39 Å². The molecule has 1 fully saturated rings. The van der Waals surface area contributed by atoms with Gasteiger partial charge < -0.3 is 16.0 Å². The Labute approximate surface area is 196 Å². The van der Waals surface area contributed by atoms with Crippen LogP contribution in [0.25, 0.3) is 10.8 Å². The number of hydrogen-bond acceptors (Lipinski definition) is 5. The summed E-state index contributed by atoms with van der Waals surface area (Å²) in [7, 11) is 0. The summed E-state index contributed by atoms with van der Waals surface area (Å²) >= 11 is 0. The number of hydrogen-bond donors (Lipinski definition) is 3. The molecule has 3 aromatic rings. The molecule has 7 nitrogen and oxygen atoms in total. The third kappa shape index (κ3) is 4.42. The van der Waals surface area contributed by atoms with E-state index in [1.807, 2.05) is 24.3 Å². The molecule has 5 rings (SSSR count). The van der Waals surface area contributed by atoms with Crippen molar-refractivity contribution in [2.24, 2.45) is 5.92 Å². The second-order valence-electron chi connectivity index (χ2n) is 8.94. The first-order chi connectivity index (χ1) is 16.5. The fourth-order valence-electron chi connectivity index (χ4n) is 4.49. The summed E-state index contributed by atoms with van der Waals surface area (Å²) in [5, 5.41) is 20.1. The molecule has 1 aromatic heterocycles. The lowest BCUT2D eigenvalue weighted by atomic mass is 10.0. The maximum atomic E-state index is 14.1. The summed E-state index contributed by atoms with van der Waals surface area (Å²) < 4.78 is 14.1. The van der Waals surface area contributed by atoms with Crippen molar-refractivity contribution in [1.82, 2.24) is 15.6 Å². The molecule has 0 bridgehead atoms. The largest absolute Gasteiger partial charge is 0.371 e. The van der Waals surface area contributed by atoms with Gasteiger partial charge in [0.1, 0.15) is 23.9 Å². The van der Waals surface area contributed by atoms with Gasteiger partial charge in [0.25, 0.3) is 0 Å². The van der Waals surface area contributed by atoms with Gasteiger partial charge in [-0.05, 0) is 29.4 Å². The number of anilines is 1. The number of benzene rings is 2. The lowest BCUT2D eigenvalue weighted by molar-refractivity contribution is -0.129. The second-order valence-corrected chi connectivity index (χ2v) is 8.94. The SMILES string of the molecule is N#CC(NC(=O)C(CC1CC1)NC(=O)C1Cc2cccc(F)c2N1)c1cncc2ccccc12. The standard InChI is InChI=1S/C26H24FN5O2/c27-20-7-3-5-16-11-22(30-24(16)20)26(34)31-21(10-15-8-9-15)25(33)32-23(12-28)19-14-29-13-17-4-1-2-6-18(17)19/h1-7,13-15,21-23,30H,8-11H2,(H,31,34)(H,32,33). The van der Waals surface area contributed by atoms with Crippen LogP contribution in [0.15, 0.2) is 54.9 Å². The van der Waals surface area contributed by atoms with Crippen molar-refractivity contribution in [3.05, 3.63) is 71.8 Å². The van der Waals surface area contributed by atoms with Crippen LogP contribution in [0.1, 0.15) is 36.4 Å². The number of carbonyl (C=O) groups excluding carboxylic acids is 2. The van der Waals surface area contributed by atoms with Crippen LogP contribution in [-0.4, -0.2) is 28.9 Å². The number of nitrogens with one attached hydrogen (secondary N) is 3. The molecule has 2 aromatic carbocycles. The Kier molecular flexibility index (Phi) is 5.84. The molecular weight excluding hydrogens is 433 g/mol. The van der Waals surface area contributed by atoms with E-state index in [9.17, 15) is 19.2 Å². The van der Waals surface area contributed by atoms with Gasteiger partial charge in [0.2, 0.25) is 11.8 Å². The van der Waals surface area contributed by atoms with E-state index in [4.69, 9.17) is 0 Å². The number of carbonyl (C=O) groups is 2. The molecule has 0 spiro atoms. The van der Waals surface area contributed by atoms with E-state index in [-0.39, 0.29) is 5.91 Å². The molecule has 2 heterocycles. The highest BCUT2D eigenvalue weighted by Gasteiger charge is 2.35. The summed E-state index contributed by atoms with van der Waals surface area (Å²) in [4.78, 5) is 30.4. The number of nitriles is 1. The highest BCUT2D eigenvalue weighted by atomic mass is 19.1. The van der Waals surface area contributed by atoms with Gasteiger partial charge in [-0.2, -0.15) is 5.26 Å². The van der Waals surface area contributed by atoms with Crippen molar-refractivity contribution >= 4 is 28.3 Å². The maximum Gasteiger partial charge on any atom is 0.243 e. The molecular formula is C26H24FN5O2. The van der Waals surface area contributed by atoms with E-state index in [0.717, 1.165) is 29.2 Å². The average Bonchev–Trinajstić information content (AvgIpc) is 3.56. The predicted octanol–water partition coefficient (Wildman–Crippen LogP) is 3.38. The molecule has 3 N–H and O–H groups in total. The predicted molar refractivity (Wildman–Crippen MR) is 125 cm³/mol. The van der Waals surface area contributed by atoms with Crippen LogP contribution in [0, 0.1) is 23.1 Å². The van der Waals surface area contributed by atoms with Gasteiger partial charge in [-0.15, -0.1) is 0 Å². The maximum absolute atomic E-state index is 14.1. The molecule has 2 amide bonds. The highest BCUT2D eigenvalue weighted by Crippen LogP contribution is 2.34. The summed E-state index contributed by atoms with van der Waals surface area (Å²) in [6.45, 7) is 0. The Morgan fingerprint density at radius 1 is 1.15 bits per heavy atom. The summed E-state index contributed by atoms with van der Waals surface area (Å²) in [6, 6.07) is 12.1. The fraction of sp³-hybridized carbons (Fsp3) is 0.308. The highest BCUT2D eigenvalue weighted by molar-refractivity contribution is 5.93. The quantitative estimate of drug-likeness (QED) is 0.504. The topological polar surface area (TPSA) is 107 Å². The van der Waals surface area contributed by atoms with Crippen LogP contribution in [0.4, 0.5) is 10.1 Å². The molecule has 1 aliphatic heterocycles. The zero-order valence-electron chi connectivity index (χ0n) is 18.4. The summed E-state index contributed by atoms with van der Waals surface area (Å²) in [5.41, 5.74) is 1.67. The zero-order chi connectivity index (χ0) is 23.7. The lowest BCUT2D eigenvalue weighted by Gasteiger charge is -2.22. The fourth-order valence-corrected chi connectivity index (χ4v) is 4.49. The minimum atomic E-state index is -0.910. The zero-order valence-corrected chi connectivity index (χ0v) is 18.4. The molecule has 1 saturated carbocycles. The van der Waals surface area contributed by atoms with Crippen molar-refractivity contribution in [1.29, 1.82) is 5.26 Å². The van der Waals surface area contributed by atoms with Gasteiger partial charge in [-0.3, -0.25) is 14.6 Å². The van der Waals surface area contributed by atoms with Gasteiger partial charge in [0.05, 0.1) is 11.8 Å². The Bertz CT molecular complexity index is 1290. The molecule has 0 radical (unpaired) electrons. The number of nitrogens with zero attached hydrogens (tertiary/aromatic N) is 2. The van der Waals surface area contributed by atoms with Gasteiger partial charge >= 0.3 is 0 Å². The van der Waals surface area contributed by atoms with E-state index in [0.29, 0.717) is 30.0 Å². The van der Waals surface area contributed by atoms with Crippen molar-refractivity contribution in [3.8, 4) is 6.07 Å². The molecule has 172 valence electrons. The van der Waals surface area contributed by atoms with E-state index in [1.165, 1.54) is 6.07 Å². The monoisotopic (exact) mass is 457 g/mol. The molecule has 3 atom stereocenters. The Balaban J connectivity index is 1.31. The third-order valence-electron chi connectivity index (χ3n) is 6.48. The van der Waals surface area contributed by atoms with Crippen LogP contribution in [-0.2, 0) is 16.0 Å². The van der Waals surface area contributed by atoms with E-state index in [2.05, 4.69) is 27.0 Å². The minimum absolute atomic E-state index is 0.332. The second kappa shape index (κ2) is 9.10. The Hall–Kier alpha value is -3.99. The lowest BCUT2D eigenvalue weighted by Crippen LogP contribution is -2.51. The number of rotatable bonds is 7. The third-order valence-corrected chi connectivity index (χ3v) is 6.48. The van der Waals surface area contributed by atoms with Crippen molar-refractivity contribution in [3.63, 3.8) is 0 Å². The van der Waals surface area contributed by atoms with Crippen LogP contribution < -0.4 is 16.0 Å². The number of aromatic nitrogens is 1. The summed E-state index contributed by atoms with van der Waals surface area (Å²) in [5.74, 6) is -0.819. The summed E-state index contributed by atoms with van der Waals surface area (Å²) in [6.07, 6.45) is 6.15. The number of fused-ring (bicyclic) bond motifs is 2. The molecule has 0 saturated heterocycles. The first-order valence-electron chi connectivity index (χ1n) is 11.4. The first-order valence-corrected chi connectivity index (χ1v) is 11.4. The smallest absolute Gasteiger partial charge is 0.243 e. The molecule has 3 unspecified atom stereocenters. The average molecular weight is 458 g/mol. The normalized spacial score (nSPS) is 18.3. The first kappa shape index (κ1) is 21.8. The van der Waals surface area contributed by atoms with Crippen molar-refractivity contribution in [2.45, 2.75) is 43.8 Å². The van der Waals surface area contributed by atoms with E-state index < -0.39 is 29.8 Å². The molecule has 1 aliphatic carbocycles. The molecule has 2 aliphatic rings. The Morgan fingerprint density at radius 2 is 1.97 bits per heavy atom. The number of pyridine rings is 1. The number of para-hydroxylation sites is 1. The van der Waals surface area contributed by atoms with Crippen LogP contribution in [0.2, 0.25) is 0 Å². The van der Waals surface area contributed by atoms with Gasteiger partial charge in [0, 0.05) is 29.8 Å². The van der Waals surface area contributed by atoms with E-state index in [1.54, 1.807) is 24.5 Å². The number of halogens is 1. The van der Waals surface area contributed by atoms with Gasteiger partial charge in [-0.1, -0.05) is 49.2 Å². The molecule has 8 heteroatoms. The van der Waals surface area contributed by atoms with Crippen molar-refractivity contribution in [2.75, 3.05) is 5.32 Å².